The maximum absolute atomic E-state index is 12.3. The van der Waals surface area contributed by atoms with Crippen molar-refractivity contribution >= 4 is 16.8 Å². The zero-order valence-electron chi connectivity index (χ0n) is 16.3. The predicted molar refractivity (Wildman–Crippen MR) is 109 cm³/mol. The lowest BCUT2D eigenvalue weighted by Gasteiger charge is -2.30. The van der Waals surface area contributed by atoms with Crippen molar-refractivity contribution < 1.29 is 4.79 Å². The van der Waals surface area contributed by atoms with Gasteiger partial charge in [0.05, 0.1) is 0 Å². The molecule has 0 saturated carbocycles. The second-order valence-corrected chi connectivity index (χ2v) is 7.61. The second kappa shape index (κ2) is 8.52. The third-order valence-corrected chi connectivity index (χ3v) is 5.67. The average molecular weight is 377 g/mol. The molecule has 2 aromatic heterocycles. The summed E-state index contributed by atoms with van der Waals surface area (Å²) in [7, 11) is 0. The number of hydrogen-bond donors (Lipinski definition) is 1. The normalized spacial score (nSPS) is 18.1. The topological polar surface area (TPSA) is 65.1 Å². The number of para-hydroxylation sites is 1. The number of amides is 1. The molecule has 0 bridgehead atoms. The minimum Gasteiger partial charge on any atom is -0.361 e. The molecule has 6 nitrogen and oxygen atoms in total. The Morgan fingerprint density at radius 3 is 2.89 bits per heavy atom. The molecule has 0 radical (unpaired) electrons. The molecule has 1 amide bonds. The fourth-order valence-electron chi connectivity index (χ4n) is 4.24. The molecule has 1 saturated heterocycles. The summed E-state index contributed by atoms with van der Waals surface area (Å²) in [5.41, 5.74) is 3.56. The van der Waals surface area contributed by atoms with E-state index in [0.717, 1.165) is 44.5 Å². The van der Waals surface area contributed by atoms with Crippen LogP contribution in [0.15, 0.2) is 49.2 Å². The number of aromatic amines is 1. The number of benzene rings is 1. The van der Waals surface area contributed by atoms with Crippen LogP contribution in [0.3, 0.4) is 0 Å². The van der Waals surface area contributed by atoms with Crippen molar-refractivity contribution in [3.05, 3.63) is 60.3 Å². The maximum Gasteiger partial charge on any atom is 0.219 e. The van der Waals surface area contributed by atoms with Crippen LogP contribution >= 0.6 is 0 Å². The van der Waals surface area contributed by atoms with Crippen molar-refractivity contribution in [3.63, 3.8) is 0 Å². The molecule has 1 aliphatic heterocycles. The Kier molecular flexibility index (Phi) is 5.67. The van der Waals surface area contributed by atoms with E-state index < -0.39 is 0 Å². The highest BCUT2D eigenvalue weighted by atomic mass is 16.2. The third-order valence-electron chi connectivity index (χ3n) is 5.67. The van der Waals surface area contributed by atoms with Crippen LogP contribution in [0.5, 0.6) is 0 Å². The van der Waals surface area contributed by atoms with Crippen molar-refractivity contribution in [2.24, 2.45) is 0 Å². The van der Waals surface area contributed by atoms with Crippen molar-refractivity contribution in [1.82, 2.24) is 24.8 Å². The lowest BCUT2D eigenvalue weighted by molar-refractivity contribution is -0.132. The summed E-state index contributed by atoms with van der Waals surface area (Å²) >= 11 is 0. The van der Waals surface area contributed by atoms with Crippen LogP contribution in [0, 0.1) is 0 Å². The van der Waals surface area contributed by atoms with Crippen molar-refractivity contribution in [2.45, 2.75) is 45.3 Å². The van der Waals surface area contributed by atoms with Gasteiger partial charge in [-0.05, 0) is 42.8 Å². The molecule has 146 valence electrons. The molecule has 0 spiro atoms. The van der Waals surface area contributed by atoms with Crippen molar-refractivity contribution in [2.75, 3.05) is 13.1 Å². The number of carbonyl (C=O) groups excluding carboxylic acids is 1. The summed E-state index contributed by atoms with van der Waals surface area (Å²) < 4.78 is 0. The first kappa shape index (κ1) is 18.6. The quantitative estimate of drug-likeness (QED) is 0.740. The Morgan fingerprint density at radius 1 is 1.21 bits per heavy atom. The molecule has 4 rings (SSSR count). The number of nitrogens with one attached hydrogen (secondary N) is 1. The van der Waals surface area contributed by atoms with Crippen LogP contribution in [0.2, 0.25) is 0 Å². The highest BCUT2D eigenvalue weighted by molar-refractivity contribution is 5.82. The zero-order chi connectivity index (χ0) is 19.3. The standard InChI is InChI=1S/C22H27N5O/c1-17(28)27(14-18-12-23-16-24-13-18)21-6-3-10-26(11-8-21)15-20-5-2-4-19-7-9-25-22(19)20/h2,4-5,7,9,12-13,16,21,25H,3,6,8,10-11,14-15H2,1H3/t21-/m1/s1. The van der Waals surface area contributed by atoms with Gasteiger partial charge < -0.3 is 9.88 Å². The maximum atomic E-state index is 12.3. The Morgan fingerprint density at radius 2 is 2.07 bits per heavy atom. The summed E-state index contributed by atoms with van der Waals surface area (Å²) in [6, 6.07) is 8.87. The highest BCUT2D eigenvalue weighted by Gasteiger charge is 2.25. The van der Waals surface area contributed by atoms with Crippen LogP contribution in [0.25, 0.3) is 10.9 Å². The van der Waals surface area contributed by atoms with Gasteiger partial charge >= 0.3 is 0 Å². The van der Waals surface area contributed by atoms with Gasteiger partial charge in [0.1, 0.15) is 6.33 Å². The SMILES string of the molecule is CC(=O)N(Cc1cncnc1)[C@@H]1CCCN(Cc2cccc3cc[nH]c23)CC1. The van der Waals surface area contributed by atoms with Gasteiger partial charge in [0.2, 0.25) is 5.91 Å². The number of nitrogens with zero attached hydrogens (tertiary/aromatic N) is 4. The van der Waals surface area contributed by atoms with E-state index >= 15 is 0 Å². The summed E-state index contributed by atoms with van der Waals surface area (Å²) in [5.74, 6) is 0.124. The summed E-state index contributed by atoms with van der Waals surface area (Å²) in [6.45, 7) is 5.25. The van der Waals surface area contributed by atoms with Crippen LogP contribution in [0.4, 0.5) is 0 Å². The number of hydrogen-bond acceptors (Lipinski definition) is 4. The number of likely N-dealkylation sites (tertiary alicyclic amines) is 1. The van der Waals surface area contributed by atoms with Crippen molar-refractivity contribution in [1.29, 1.82) is 0 Å². The van der Waals surface area contributed by atoms with E-state index in [4.69, 9.17) is 0 Å². The summed E-state index contributed by atoms with van der Waals surface area (Å²) in [4.78, 5) is 28.4. The van der Waals surface area contributed by atoms with Crippen LogP contribution in [-0.2, 0) is 17.9 Å². The number of H-pyrrole nitrogens is 1. The molecule has 1 aromatic carbocycles. The van der Waals surface area contributed by atoms with Gasteiger partial charge in [-0.15, -0.1) is 0 Å². The molecule has 0 aliphatic carbocycles. The molecular formula is C22H27N5O. The van der Waals surface area contributed by atoms with Gasteiger partial charge in [0.15, 0.2) is 0 Å². The fraction of sp³-hybridized carbons (Fsp3) is 0.409. The number of carbonyl (C=O) groups is 1. The molecular weight excluding hydrogens is 350 g/mol. The van der Waals surface area contributed by atoms with E-state index in [0.29, 0.717) is 6.54 Å². The Balaban J connectivity index is 1.42. The Bertz CT molecular complexity index is 923. The number of fused-ring (bicyclic) bond motifs is 1. The van der Waals surface area contributed by atoms with Gasteiger partial charge in [0, 0.05) is 62.3 Å². The van der Waals surface area contributed by atoms with Crippen LogP contribution in [0.1, 0.15) is 37.3 Å². The average Bonchev–Trinajstić information content (AvgIpc) is 3.08. The number of rotatable bonds is 5. The first-order valence-corrected chi connectivity index (χ1v) is 9.99. The van der Waals surface area contributed by atoms with Crippen molar-refractivity contribution in [3.8, 4) is 0 Å². The predicted octanol–water partition coefficient (Wildman–Crippen LogP) is 3.36. The monoisotopic (exact) mass is 377 g/mol. The molecule has 1 N–H and O–H groups in total. The fourth-order valence-corrected chi connectivity index (χ4v) is 4.24. The molecule has 28 heavy (non-hydrogen) atoms. The lowest BCUT2D eigenvalue weighted by Crippen LogP contribution is -2.39. The molecule has 3 aromatic rings. The summed E-state index contributed by atoms with van der Waals surface area (Å²) in [6.07, 6.45) is 10.2. The van der Waals surface area contributed by atoms with Crippen LogP contribution < -0.4 is 0 Å². The zero-order valence-corrected chi connectivity index (χ0v) is 16.3. The first-order chi connectivity index (χ1) is 13.7. The molecule has 0 unspecified atom stereocenters. The first-order valence-electron chi connectivity index (χ1n) is 9.99. The van der Waals surface area contributed by atoms with E-state index in [9.17, 15) is 4.79 Å². The molecule has 3 heterocycles. The van der Waals surface area contributed by atoms with Gasteiger partial charge in [-0.25, -0.2) is 9.97 Å². The number of aromatic nitrogens is 3. The van der Waals surface area contributed by atoms with E-state index in [1.54, 1.807) is 19.3 Å². The van der Waals surface area contributed by atoms with Crippen LogP contribution in [-0.4, -0.2) is 49.8 Å². The highest BCUT2D eigenvalue weighted by Crippen LogP contribution is 2.23. The van der Waals surface area contributed by atoms with Gasteiger partial charge in [0.25, 0.3) is 0 Å². The molecule has 1 aliphatic rings. The third kappa shape index (κ3) is 4.22. The second-order valence-electron chi connectivity index (χ2n) is 7.61. The van der Waals surface area contributed by atoms with E-state index in [1.165, 1.54) is 22.8 Å². The minimum atomic E-state index is 0.124. The molecule has 1 atom stereocenters. The van der Waals surface area contributed by atoms with E-state index in [1.807, 2.05) is 11.1 Å². The van der Waals surface area contributed by atoms with E-state index in [2.05, 4.69) is 44.1 Å². The molecule has 6 heteroatoms. The Labute approximate surface area is 165 Å². The largest absolute Gasteiger partial charge is 0.361 e. The van der Waals surface area contributed by atoms with Gasteiger partial charge in [-0.1, -0.05) is 18.2 Å². The lowest BCUT2D eigenvalue weighted by atomic mass is 10.1. The minimum absolute atomic E-state index is 0.124. The Hall–Kier alpha value is -2.73. The van der Waals surface area contributed by atoms with Gasteiger partial charge in [-0.3, -0.25) is 9.69 Å². The summed E-state index contributed by atoms with van der Waals surface area (Å²) in [5, 5.41) is 1.26. The smallest absolute Gasteiger partial charge is 0.219 e. The molecule has 1 fully saturated rings. The van der Waals surface area contributed by atoms with Gasteiger partial charge in [-0.2, -0.15) is 0 Å². The van der Waals surface area contributed by atoms with E-state index in [-0.39, 0.29) is 11.9 Å².